The summed E-state index contributed by atoms with van der Waals surface area (Å²) in [6, 6.07) is 0. The zero-order valence-corrected chi connectivity index (χ0v) is 20.5. The van der Waals surface area contributed by atoms with Crippen LogP contribution in [0.5, 0.6) is 0 Å². The fourth-order valence-electron chi connectivity index (χ4n) is 9.29. The first-order valence-corrected chi connectivity index (χ1v) is 13.3. The van der Waals surface area contributed by atoms with Crippen LogP contribution in [-0.4, -0.2) is 10.7 Å². The highest BCUT2D eigenvalue weighted by Crippen LogP contribution is 2.69. The number of aliphatic hydroxyl groups is 1. The van der Waals surface area contributed by atoms with Crippen molar-refractivity contribution in [3.63, 3.8) is 0 Å². The predicted octanol–water partition coefficient (Wildman–Crippen LogP) is 7.86. The molecule has 0 aromatic carbocycles. The predicted molar refractivity (Wildman–Crippen MR) is 124 cm³/mol. The molecule has 4 saturated carbocycles. The molecule has 1 unspecified atom stereocenters. The average Bonchev–Trinajstić information content (AvgIpc) is 3.03. The van der Waals surface area contributed by atoms with E-state index in [0.717, 1.165) is 54.3 Å². The van der Waals surface area contributed by atoms with Gasteiger partial charge in [-0.25, -0.2) is 0 Å². The Balaban J connectivity index is 1.49. The Bertz CT molecular complexity index is 583. The molecule has 0 amide bonds. The molecule has 0 aromatic heterocycles. The van der Waals surface area contributed by atoms with Gasteiger partial charge >= 0.3 is 0 Å². The van der Waals surface area contributed by atoms with Crippen molar-refractivity contribution < 1.29 is 5.11 Å². The van der Waals surface area contributed by atoms with Gasteiger partial charge in [0.2, 0.25) is 0 Å². The summed E-state index contributed by atoms with van der Waals surface area (Å²) < 4.78 is 0. The van der Waals surface area contributed by atoms with Gasteiger partial charge in [-0.15, -0.1) is 0 Å². The van der Waals surface area contributed by atoms with E-state index in [1.165, 1.54) is 64.2 Å². The lowest BCUT2D eigenvalue weighted by Crippen LogP contribution is -2.61. The van der Waals surface area contributed by atoms with Crippen molar-refractivity contribution in [1.82, 2.24) is 0 Å². The quantitative estimate of drug-likeness (QED) is 0.496. The van der Waals surface area contributed by atoms with E-state index in [2.05, 4.69) is 41.5 Å². The summed E-state index contributed by atoms with van der Waals surface area (Å²) in [5.74, 6) is 6.11. The number of fused-ring (bicyclic) bond motifs is 5. The third-order valence-corrected chi connectivity index (χ3v) is 11.7. The van der Waals surface area contributed by atoms with Crippen LogP contribution in [0.1, 0.15) is 119 Å². The number of rotatable bonds is 5. The molecule has 4 aliphatic carbocycles. The summed E-state index contributed by atoms with van der Waals surface area (Å²) in [5.41, 5.74) is 0.423. The summed E-state index contributed by atoms with van der Waals surface area (Å²) in [7, 11) is 0. The van der Waals surface area contributed by atoms with Crippen LogP contribution in [-0.2, 0) is 0 Å². The molecule has 0 aliphatic heterocycles. The topological polar surface area (TPSA) is 20.2 Å². The molecule has 1 nitrogen and oxygen atoms in total. The van der Waals surface area contributed by atoms with E-state index in [4.69, 9.17) is 0 Å². The zero-order valence-electron chi connectivity index (χ0n) is 20.5. The molecule has 4 aliphatic rings. The van der Waals surface area contributed by atoms with Crippen LogP contribution in [0.15, 0.2) is 0 Å². The van der Waals surface area contributed by atoms with Crippen LogP contribution in [0.2, 0.25) is 0 Å². The minimum absolute atomic E-state index is 0.200. The second-order valence-electron chi connectivity index (χ2n) is 13.1. The van der Waals surface area contributed by atoms with E-state index in [9.17, 15) is 5.11 Å². The highest BCUT2D eigenvalue weighted by atomic mass is 16.3. The fraction of sp³-hybridized carbons (Fsp3) is 1.00. The van der Waals surface area contributed by atoms with Crippen LogP contribution in [0, 0.1) is 52.3 Å². The molecule has 1 heteroatoms. The Kier molecular flexibility index (Phi) is 5.98. The Labute approximate surface area is 181 Å². The van der Waals surface area contributed by atoms with Crippen molar-refractivity contribution in [1.29, 1.82) is 0 Å². The van der Waals surface area contributed by atoms with Gasteiger partial charge in [-0.2, -0.15) is 0 Å². The molecule has 1 N–H and O–H groups in total. The third kappa shape index (κ3) is 3.44. The molecule has 0 radical (unpaired) electrons. The van der Waals surface area contributed by atoms with Gasteiger partial charge in [0, 0.05) is 0 Å². The van der Waals surface area contributed by atoms with E-state index in [0.29, 0.717) is 5.41 Å². The maximum Gasteiger partial charge on any atom is 0.0703 e. The first-order valence-electron chi connectivity index (χ1n) is 13.3. The van der Waals surface area contributed by atoms with Crippen molar-refractivity contribution in [2.24, 2.45) is 52.3 Å². The van der Waals surface area contributed by atoms with Gasteiger partial charge < -0.3 is 5.11 Å². The first kappa shape index (κ1) is 22.2. The summed E-state index contributed by atoms with van der Waals surface area (Å²) in [6.45, 7) is 15.0. The molecule has 9 atom stereocenters. The lowest BCUT2D eigenvalue weighted by Gasteiger charge is -2.63. The Morgan fingerprint density at radius 2 is 1.52 bits per heavy atom. The van der Waals surface area contributed by atoms with Crippen molar-refractivity contribution in [3.8, 4) is 0 Å². The van der Waals surface area contributed by atoms with E-state index in [1.807, 2.05) is 0 Å². The van der Waals surface area contributed by atoms with E-state index >= 15 is 0 Å². The van der Waals surface area contributed by atoms with Crippen molar-refractivity contribution in [2.45, 2.75) is 124 Å². The van der Waals surface area contributed by atoms with E-state index in [-0.39, 0.29) is 11.0 Å². The number of hydrogen-bond donors (Lipinski definition) is 1. The van der Waals surface area contributed by atoms with Gasteiger partial charge in [0.25, 0.3) is 0 Å². The molecule has 0 heterocycles. The standard InChI is InChI=1S/C28H50O/c1-19(2)20(3)9-10-21(4)23-11-12-24-22-13-18-28(29)16-8-7-15-27(28,6)25(22)14-17-26(23,24)5/h19-25,29H,7-18H2,1-6H3/t20-,21-,22+,23-,24+,25+,26-,27-,28?/m1/s1. The molecular weight excluding hydrogens is 352 g/mol. The normalized spacial score (nSPS) is 49.2. The highest BCUT2D eigenvalue weighted by molar-refractivity contribution is 5.13. The molecule has 4 rings (SSSR count). The van der Waals surface area contributed by atoms with Crippen LogP contribution < -0.4 is 0 Å². The average molecular weight is 403 g/mol. The van der Waals surface area contributed by atoms with Crippen LogP contribution in [0.4, 0.5) is 0 Å². The second-order valence-corrected chi connectivity index (χ2v) is 13.1. The summed E-state index contributed by atoms with van der Waals surface area (Å²) in [4.78, 5) is 0. The molecular formula is C28H50O. The van der Waals surface area contributed by atoms with Crippen molar-refractivity contribution in [3.05, 3.63) is 0 Å². The summed E-state index contributed by atoms with van der Waals surface area (Å²) >= 11 is 0. The molecule has 168 valence electrons. The Morgan fingerprint density at radius 3 is 2.24 bits per heavy atom. The summed E-state index contributed by atoms with van der Waals surface area (Å²) in [5, 5.41) is 11.6. The smallest absolute Gasteiger partial charge is 0.0703 e. The van der Waals surface area contributed by atoms with Crippen molar-refractivity contribution >= 4 is 0 Å². The Morgan fingerprint density at radius 1 is 0.793 bits per heavy atom. The highest BCUT2D eigenvalue weighted by Gasteiger charge is 2.63. The molecule has 29 heavy (non-hydrogen) atoms. The molecule has 0 spiro atoms. The monoisotopic (exact) mass is 402 g/mol. The maximum atomic E-state index is 11.6. The van der Waals surface area contributed by atoms with Gasteiger partial charge in [-0.1, -0.05) is 67.2 Å². The lowest BCUT2D eigenvalue weighted by atomic mass is 9.43. The van der Waals surface area contributed by atoms with Gasteiger partial charge in [-0.05, 0) is 104 Å². The largest absolute Gasteiger partial charge is 0.389 e. The SMILES string of the molecule is CC(C)[C@H](C)CC[C@@H](C)[C@H]1CC[C@H]2[C@@H]3CCC4(O)CCCC[C@]4(C)[C@H]3CC[C@]12C. The van der Waals surface area contributed by atoms with Crippen LogP contribution in [0.25, 0.3) is 0 Å². The first-order chi connectivity index (χ1) is 13.6. The molecule has 4 fully saturated rings. The van der Waals surface area contributed by atoms with Gasteiger partial charge in [0.05, 0.1) is 5.60 Å². The minimum Gasteiger partial charge on any atom is -0.389 e. The van der Waals surface area contributed by atoms with Gasteiger partial charge in [0.15, 0.2) is 0 Å². The van der Waals surface area contributed by atoms with Gasteiger partial charge in [-0.3, -0.25) is 0 Å². The minimum atomic E-state index is -0.349. The Hall–Kier alpha value is -0.0400. The number of hydrogen-bond acceptors (Lipinski definition) is 1. The zero-order chi connectivity index (χ0) is 21.0. The third-order valence-electron chi connectivity index (χ3n) is 11.7. The van der Waals surface area contributed by atoms with E-state index in [1.54, 1.807) is 0 Å². The second kappa shape index (κ2) is 7.83. The fourth-order valence-corrected chi connectivity index (χ4v) is 9.29. The van der Waals surface area contributed by atoms with Crippen LogP contribution in [0.3, 0.4) is 0 Å². The van der Waals surface area contributed by atoms with E-state index < -0.39 is 0 Å². The lowest BCUT2D eigenvalue weighted by molar-refractivity contribution is -0.205. The molecule has 0 bridgehead atoms. The molecule has 0 saturated heterocycles. The van der Waals surface area contributed by atoms with Gasteiger partial charge in [0.1, 0.15) is 0 Å². The van der Waals surface area contributed by atoms with Crippen molar-refractivity contribution in [2.75, 3.05) is 0 Å². The molecule has 0 aromatic rings. The summed E-state index contributed by atoms with van der Waals surface area (Å²) in [6.07, 6.45) is 15.9. The van der Waals surface area contributed by atoms with Crippen LogP contribution >= 0.6 is 0 Å². The maximum absolute atomic E-state index is 11.6.